The number of nitrogens with zero attached hydrogens (tertiary/aromatic N) is 1. The van der Waals surface area contributed by atoms with Crippen LogP contribution in [-0.4, -0.2) is 19.2 Å². The molecule has 1 aromatic heterocycles. The average Bonchev–Trinajstić information content (AvgIpc) is 2.48. The lowest BCUT2D eigenvalue weighted by Crippen LogP contribution is -2.12. The van der Waals surface area contributed by atoms with Crippen LogP contribution in [0.25, 0.3) is 11.3 Å². The first-order chi connectivity index (χ1) is 9.69. The second kappa shape index (κ2) is 5.93. The molecule has 0 unspecified atom stereocenters. The normalized spacial score (nSPS) is 9.85. The molecule has 2 aromatic rings. The van der Waals surface area contributed by atoms with E-state index in [0.717, 1.165) is 5.56 Å². The van der Waals surface area contributed by atoms with E-state index in [0.29, 0.717) is 22.8 Å². The summed E-state index contributed by atoms with van der Waals surface area (Å²) in [5.74, 6) is 1.30. The fourth-order valence-electron chi connectivity index (χ4n) is 1.91. The number of pyridine rings is 1. The molecule has 0 saturated heterocycles. The minimum Gasteiger partial charge on any atom is -0.497 e. The van der Waals surface area contributed by atoms with Gasteiger partial charge in [0.05, 0.1) is 32.4 Å². The summed E-state index contributed by atoms with van der Waals surface area (Å²) in [7, 11) is 3.14. The molecule has 5 heteroatoms. The minimum absolute atomic E-state index is 0.0882. The molecule has 0 bridgehead atoms. The number of H-pyrrole nitrogens is 1. The molecule has 1 heterocycles. The maximum Gasteiger partial charge on any atom is 0.252 e. The van der Waals surface area contributed by atoms with E-state index in [1.807, 2.05) is 6.07 Å². The monoisotopic (exact) mass is 270 g/mol. The summed E-state index contributed by atoms with van der Waals surface area (Å²) in [5.41, 5.74) is 1.52. The zero-order valence-corrected chi connectivity index (χ0v) is 11.3. The zero-order chi connectivity index (χ0) is 14.5. The van der Waals surface area contributed by atoms with Gasteiger partial charge in [-0.05, 0) is 24.3 Å². The van der Waals surface area contributed by atoms with Crippen molar-refractivity contribution < 1.29 is 9.47 Å². The first-order valence-corrected chi connectivity index (χ1v) is 6.01. The lowest BCUT2D eigenvalue weighted by atomic mass is 10.1. The smallest absolute Gasteiger partial charge is 0.252 e. The van der Waals surface area contributed by atoms with Crippen molar-refractivity contribution in [2.75, 3.05) is 14.2 Å². The zero-order valence-electron chi connectivity index (χ0n) is 11.3. The van der Waals surface area contributed by atoms with Crippen molar-refractivity contribution >= 4 is 0 Å². The standard InChI is InChI=1S/C15H14N2O3/c1-19-11-4-6-14(20-2)12(9-11)13-5-3-10(7-8-16)15(18)17-13/h3-6,9H,7H2,1-2H3,(H,17,18). The predicted molar refractivity (Wildman–Crippen MR) is 74.9 cm³/mol. The highest BCUT2D eigenvalue weighted by Crippen LogP contribution is 2.31. The third-order valence-electron chi connectivity index (χ3n) is 2.96. The Morgan fingerprint density at radius 1 is 1.20 bits per heavy atom. The summed E-state index contributed by atoms with van der Waals surface area (Å²) in [5, 5.41) is 8.64. The van der Waals surface area contributed by atoms with E-state index in [9.17, 15) is 4.79 Å². The highest BCUT2D eigenvalue weighted by molar-refractivity contribution is 5.69. The van der Waals surface area contributed by atoms with Gasteiger partial charge in [0.15, 0.2) is 0 Å². The van der Waals surface area contributed by atoms with Crippen molar-refractivity contribution in [1.29, 1.82) is 5.26 Å². The molecule has 5 nitrogen and oxygen atoms in total. The van der Waals surface area contributed by atoms with Crippen LogP contribution in [-0.2, 0) is 6.42 Å². The molecular weight excluding hydrogens is 256 g/mol. The quantitative estimate of drug-likeness (QED) is 0.923. The van der Waals surface area contributed by atoms with Crippen LogP contribution in [0.1, 0.15) is 5.56 Å². The highest BCUT2D eigenvalue weighted by Gasteiger charge is 2.09. The van der Waals surface area contributed by atoms with Crippen LogP contribution < -0.4 is 15.0 Å². The SMILES string of the molecule is COc1ccc(OC)c(-c2ccc(CC#N)c(=O)[nH]2)c1. The van der Waals surface area contributed by atoms with E-state index in [1.165, 1.54) is 0 Å². The number of hydrogen-bond acceptors (Lipinski definition) is 4. The van der Waals surface area contributed by atoms with Crippen LogP contribution in [0.2, 0.25) is 0 Å². The predicted octanol–water partition coefficient (Wildman–Crippen LogP) is 2.13. The highest BCUT2D eigenvalue weighted by atomic mass is 16.5. The molecule has 0 aliphatic carbocycles. The Labute approximate surface area is 116 Å². The van der Waals surface area contributed by atoms with Gasteiger partial charge in [0.1, 0.15) is 11.5 Å². The second-order valence-corrected chi connectivity index (χ2v) is 4.13. The molecule has 0 saturated carbocycles. The number of methoxy groups -OCH3 is 2. The van der Waals surface area contributed by atoms with E-state index >= 15 is 0 Å². The Hall–Kier alpha value is -2.74. The fraction of sp³-hybridized carbons (Fsp3) is 0.200. The molecule has 1 aromatic carbocycles. The van der Waals surface area contributed by atoms with Crippen LogP contribution in [0.4, 0.5) is 0 Å². The molecule has 0 amide bonds. The number of aromatic amines is 1. The molecule has 20 heavy (non-hydrogen) atoms. The van der Waals surface area contributed by atoms with Crippen molar-refractivity contribution in [3.05, 3.63) is 46.2 Å². The Morgan fingerprint density at radius 3 is 2.60 bits per heavy atom. The molecule has 0 atom stereocenters. The number of nitriles is 1. The molecule has 0 fully saturated rings. The van der Waals surface area contributed by atoms with Crippen molar-refractivity contribution in [1.82, 2.24) is 4.98 Å². The van der Waals surface area contributed by atoms with E-state index in [2.05, 4.69) is 4.98 Å². The number of nitrogens with one attached hydrogen (secondary N) is 1. The average molecular weight is 270 g/mol. The Balaban J connectivity index is 2.53. The number of aromatic nitrogens is 1. The Bertz CT molecular complexity index is 714. The fourth-order valence-corrected chi connectivity index (χ4v) is 1.91. The molecule has 1 N–H and O–H groups in total. The van der Waals surface area contributed by atoms with E-state index < -0.39 is 0 Å². The van der Waals surface area contributed by atoms with Gasteiger partial charge in [-0.2, -0.15) is 5.26 Å². The minimum atomic E-state index is -0.270. The summed E-state index contributed by atoms with van der Waals surface area (Å²) >= 11 is 0. The van der Waals surface area contributed by atoms with E-state index in [4.69, 9.17) is 14.7 Å². The van der Waals surface area contributed by atoms with Crippen molar-refractivity contribution in [3.8, 4) is 28.8 Å². The molecule has 0 radical (unpaired) electrons. The van der Waals surface area contributed by atoms with Gasteiger partial charge in [-0.25, -0.2) is 0 Å². The van der Waals surface area contributed by atoms with Gasteiger partial charge < -0.3 is 14.5 Å². The topological polar surface area (TPSA) is 75.1 Å². The third-order valence-corrected chi connectivity index (χ3v) is 2.96. The van der Waals surface area contributed by atoms with Crippen LogP contribution in [0.15, 0.2) is 35.1 Å². The lowest BCUT2D eigenvalue weighted by Gasteiger charge is -2.10. The Kier molecular flexibility index (Phi) is 4.06. The number of rotatable bonds is 4. The van der Waals surface area contributed by atoms with Crippen LogP contribution in [0.5, 0.6) is 11.5 Å². The van der Waals surface area contributed by atoms with Gasteiger partial charge in [0, 0.05) is 11.1 Å². The van der Waals surface area contributed by atoms with Gasteiger partial charge in [-0.1, -0.05) is 6.07 Å². The number of ether oxygens (including phenoxy) is 2. The molecule has 0 aliphatic heterocycles. The van der Waals surface area contributed by atoms with Gasteiger partial charge in [-0.3, -0.25) is 4.79 Å². The maximum absolute atomic E-state index is 11.9. The summed E-state index contributed by atoms with van der Waals surface area (Å²) in [4.78, 5) is 14.6. The van der Waals surface area contributed by atoms with Crippen molar-refractivity contribution in [3.63, 3.8) is 0 Å². The first-order valence-electron chi connectivity index (χ1n) is 6.01. The molecular formula is C15H14N2O3. The molecule has 102 valence electrons. The third kappa shape index (κ3) is 2.64. The van der Waals surface area contributed by atoms with Gasteiger partial charge in [0.25, 0.3) is 5.56 Å². The van der Waals surface area contributed by atoms with Gasteiger partial charge >= 0.3 is 0 Å². The largest absolute Gasteiger partial charge is 0.497 e. The molecule has 2 rings (SSSR count). The first kappa shape index (κ1) is 13.7. The van der Waals surface area contributed by atoms with Gasteiger partial charge in [-0.15, -0.1) is 0 Å². The van der Waals surface area contributed by atoms with Crippen molar-refractivity contribution in [2.45, 2.75) is 6.42 Å². The maximum atomic E-state index is 11.9. The molecule has 0 spiro atoms. The summed E-state index contributed by atoms with van der Waals surface area (Å²) in [6, 6.07) is 10.7. The summed E-state index contributed by atoms with van der Waals surface area (Å²) in [6.07, 6.45) is 0.0882. The Morgan fingerprint density at radius 2 is 2.00 bits per heavy atom. The van der Waals surface area contributed by atoms with Crippen LogP contribution in [0, 0.1) is 11.3 Å². The summed E-state index contributed by atoms with van der Waals surface area (Å²) < 4.78 is 10.5. The van der Waals surface area contributed by atoms with Crippen LogP contribution >= 0.6 is 0 Å². The molecule has 0 aliphatic rings. The number of hydrogen-bond donors (Lipinski definition) is 1. The van der Waals surface area contributed by atoms with Crippen molar-refractivity contribution in [2.24, 2.45) is 0 Å². The van der Waals surface area contributed by atoms with Gasteiger partial charge in [0.2, 0.25) is 0 Å². The number of benzene rings is 1. The van der Waals surface area contributed by atoms with E-state index in [-0.39, 0.29) is 12.0 Å². The second-order valence-electron chi connectivity index (χ2n) is 4.13. The van der Waals surface area contributed by atoms with E-state index in [1.54, 1.807) is 44.6 Å². The lowest BCUT2D eigenvalue weighted by molar-refractivity contribution is 0.404. The summed E-state index contributed by atoms with van der Waals surface area (Å²) in [6.45, 7) is 0. The van der Waals surface area contributed by atoms with Crippen LogP contribution in [0.3, 0.4) is 0 Å².